The number of carbonyl (C=O) groups excluding carboxylic acids is 1. The van der Waals surface area contributed by atoms with Crippen LogP contribution in [0.1, 0.15) is 34.7 Å². The van der Waals surface area contributed by atoms with Crippen LogP contribution in [0.2, 0.25) is 0 Å². The molecule has 1 atom stereocenters. The molecule has 0 aliphatic carbocycles. The van der Waals surface area contributed by atoms with Crippen LogP contribution < -0.4 is 5.73 Å². The number of carbonyl (C=O) groups is 1. The summed E-state index contributed by atoms with van der Waals surface area (Å²) in [4.78, 5) is 15.9. The van der Waals surface area contributed by atoms with E-state index in [9.17, 15) is 15.0 Å². The normalized spacial score (nSPS) is 12.0. The van der Waals surface area contributed by atoms with Gasteiger partial charge in [-0.1, -0.05) is 25.1 Å². The SMILES string of the molecule is C[C@H](c1cccc(O)c1)c1oc(-c2cccc(O)c2)nc1C(N)=O. The summed E-state index contributed by atoms with van der Waals surface area (Å²) >= 11 is 0. The van der Waals surface area contributed by atoms with Crippen molar-refractivity contribution in [2.45, 2.75) is 12.8 Å². The summed E-state index contributed by atoms with van der Waals surface area (Å²) in [5, 5.41) is 19.2. The van der Waals surface area contributed by atoms with Gasteiger partial charge in [0, 0.05) is 11.5 Å². The molecule has 0 saturated carbocycles. The number of oxazole rings is 1. The van der Waals surface area contributed by atoms with Crippen LogP contribution in [0.5, 0.6) is 11.5 Å². The van der Waals surface area contributed by atoms with Crippen LogP contribution in [-0.2, 0) is 0 Å². The maximum atomic E-state index is 11.7. The van der Waals surface area contributed by atoms with E-state index in [-0.39, 0.29) is 29.0 Å². The number of rotatable bonds is 4. The van der Waals surface area contributed by atoms with Crippen molar-refractivity contribution >= 4 is 5.91 Å². The van der Waals surface area contributed by atoms with E-state index in [1.165, 1.54) is 12.1 Å². The largest absolute Gasteiger partial charge is 0.508 e. The van der Waals surface area contributed by atoms with Gasteiger partial charge >= 0.3 is 0 Å². The van der Waals surface area contributed by atoms with Crippen LogP contribution in [0.25, 0.3) is 11.5 Å². The van der Waals surface area contributed by atoms with E-state index in [0.29, 0.717) is 11.3 Å². The van der Waals surface area contributed by atoms with Gasteiger partial charge in [0.2, 0.25) is 5.89 Å². The summed E-state index contributed by atoms with van der Waals surface area (Å²) in [6.07, 6.45) is 0. The molecule has 0 aliphatic heterocycles. The number of hydrogen-bond donors (Lipinski definition) is 3. The summed E-state index contributed by atoms with van der Waals surface area (Å²) in [5.74, 6) is -0.347. The Kier molecular flexibility index (Phi) is 3.95. The van der Waals surface area contributed by atoms with E-state index in [4.69, 9.17) is 10.2 Å². The molecule has 0 fully saturated rings. The minimum Gasteiger partial charge on any atom is -0.508 e. The molecular formula is C18H16N2O4. The monoisotopic (exact) mass is 324 g/mol. The number of nitrogens with zero attached hydrogens (tertiary/aromatic N) is 1. The molecule has 0 bridgehead atoms. The number of aromatic nitrogens is 1. The Morgan fingerprint density at radius 1 is 1.12 bits per heavy atom. The third-order valence-electron chi connectivity index (χ3n) is 3.74. The zero-order valence-corrected chi connectivity index (χ0v) is 12.9. The Morgan fingerprint density at radius 2 is 1.79 bits per heavy atom. The van der Waals surface area contributed by atoms with Gasteiger partial charge in [-0.3, -0.25) is 4.79 Å². The van der Waals surface area contributed by atoms with Crippen molar-refractivity contribution in [2.24, 2.45) is 5.73 Å². The Hall–Kier alpha value is -3.28. The second-order valence-corrected chi connectivity index (χ2v) is 5.46. The van der Waals surface area contributed by atoms with Crippen LogP contribution in [-0.4, -0.2) is 21.1 Å². The fourth-order valence-electron chi connectivity index (χ4n) is 2.51. The molecular weight excluding hydrogens is 308 g/mol. The predicted molar refractivity (Wildman–Crippen MR) is 87.7 cm³/mol. The first kappa shape index (κ1) is 15.6. The van der Waals surface area contributed by atoms with Crippen LogP contribution in [0.4, 0.5) is 0 Å². The highest BCUT2D eigenvalue weighted by molar-refractivity contribution is 5.92. The molecule has 24 heavy (non-hydrogen) atoms. The van der Waals surface area contributed by atoms with Gasteiger partial charge in [-0.2, -0.15) is 0 Å². The number of hydrogen-bond acceptors (Lipinski definition) is 5. The molecule has 0 unspecified atom stereocenters. The maximum Gasteiger partial charge on any atom is 0.271 e. The van der Waals surface area contributed by atoms with Crippen molar-refractivity contribution in [3.63, 3.8) is 0 Å². The topological polar surface area (TPSA) is 110 Å². The Labute approximate surface area is 138 Å². The molecule has 6 nitrogen and oxygen atoms in total. The van der Waals surface area contributed by atoms with Crippen molar-refractivity contribution in [1.29, 1.82) is 0 Å². The summed E-state index contributed by atoms with van der Waals surface area (Å²) in [6, 6.07) is 13.0. The number of phenols is 2. The first-order chi connectivity index (χ1) is 11.5. The van der Waals surface area contributed by atoms with Crippen LogP contribution in [0, 0.1) is 0 Å². The average molecular weight is 324 g/mol. The summed E-state index contributed by atoms with van der Waals surface area (Å²) in [7, 11) is 0. The molecule has 122 valence electrons. The second kappa shape index (κ2) is 6.08. The lowest BCUT2D eigenvalue weighted by Gasteiger charge is -2.10. The molecule has 3 aromatic rings. The van der Waals surface area contributed by atoms with Crippen molar-refractivity contribution in [3.05, 3.63) is 65.5 Å². The molecule has 1 amide bonds. The standard InChI is InChI=1S/C18H16N2O4/c1-10(11-4-2-6-13(21)8-11)16-15(17(19)23)20-18(24-16)12-5-3-7-14(22)9-12/h2-10,21-22H,1H3,(H2,19,23)/t10-/m1/s1. The zero-order chi connectivity index (χ0) is 17.3. The number of aromatic hydroxyl groups is 2. The first-order valence-corrected chi connectivity index (χ1v) is 7.34. The smallest absolute Gasteiger partial charge is 0.271 e. The lowest BCUT2D eigenvalue weighted by atomic mass is 9.97. The van der Waals surface area contributed by atoms with Gasteiger partial charge in [0.15, 0.2) is 5.69 Å². The molecule has 1 aromatic heterocycles. The first-order valence-electron chi connectivity index (χ1n) is 7.34. The minimum absolute atomic E-state index is 0.0317. The van der Waals surface area contributed by atoms with E-state index < -0.39 is 5.91 Å². The molecule has 0 spiro atoms. The van der Waals surface area contributed by atoms with Gasteiger partial charge < -0.3 is 20.4 Å². The second-order valence-electron chi connectivity index (χ2n) is 5.46. The Morgan fingerprint density at radius 3 is 2.42 bits per heavy atom. The fraction of sp³-hybridized carbons (Fsp3) is 0.111. The van der Waals surface area contributed by atoms with E-state index >= 15 is 0 Å². The van der Waals surface area contributed by atoms with E-state index in [2.05, 4.69) is 4.98 Å². The number of amides is 1. The number of nitrogens with two attached hydrogens (primary N) is 1. The molecule has 0 aliphatic rings. The maximum absolute atomic E-state index is 11.7. The Balaban J connectivity index is 2.08. The van der Waals surface area contributed by atoms with E-state index in [0.717, 1.165) is 5.56 Å². The van der Waals surface area contributed by atoms with Crippen molar-refractivity contribution in [1.82, 2.24) is 4.98 Å². The van der Waals surface area contributed by atoms with Crippen LogP contribution in [0.15, 0.2) is 52.9 Å². The zero-order valence-electron chi connectivity index (χ0n) is 12.9. The molecule has 2 aromatic carbocycles. The molecule has 4 N–H and O–H groups in total. The highest BCUT2D eigenvalue weighted by atomic mass is 16.4. The van der Waals surface area contributed by atoms with Crippen LogP contribution in [0.3, 0.4) is 0 Å². The van der Waals surface area contributed by atoms with Crippen molar-refractivity contribution in [2.75, 3.05) is 0 Å². The van der Waals surface area contributed by atoms with Crippen molar-refractivity contribution < 1.29 is 19.4 Å². The third-order valence-corrected chi connectivity index (χ3v) is 3.74. The van der Waals surface area contributed by atoms with E-state index in [1.807, 2.05) is 13.0 Å². The highest BCUT2D eigenvalue weighted by Gasteiger charge is 2.24. The summed E-state index contributed by atoms with van der Waals surface area (Å²) < 4.78 is 5.77. The third kappa shape index (κ3) is 2.94. The van der Waals surface area contributed by atoms with Gasteiger partial charge in [0.05, 0.1) is 0 Å². The highest BCUT2D eigenvalue weighted by Crippen LogP contribution is 2.33. The van der Waals surface area contributed by atoms with Gasteiger partial charge in [-0.15, -0.1) is 0 Å². The average Bonchev–Trinajstić information content (AvgIpc) is 3.00. The molecule has 0 radical (unpaired) electrons. The summed E-state index contributed by atoms with van der Waals surface area (Å²) in [6.45, 7) is 1.83. The number of primary amides is 1. The lowest BCUT2D eigenvalue weighted by Crippen LogP contribution is -2.15. The van der Waals surface area contributed by atoms with Gasteiger partial charge in [0.1, 0.15) is 17.3 Å². The van der Waals surface area contributed by atoms with Gasteiger partial charge in [-0.25, -0.2) is 4.98 Å². The molecule has 6 heteroatoms. The lowest BCUT2D eigenvalue weighted by molar-refractivity contribution is 0.0994. The van der Waals surface area contributed by atoms with Gasteiger partial charge in [-0.05, 0) is 35.9 Å². The van der Waals surface area contributed by atoms with Gasteiger partial charge in [0.25, 0.3) is 5.91 Å². The van der Waals surface area contributed by atoms with Crippen molar-refractivity contribution in [3.8, 4) is 23.0 Å². The molecule has 1 heterocycles. The predicted octanol–water partition coefficient (Wildman–Crippen LogP) is 3.00. The molecule has 3 rings (SSSR count). The Bertz CT molecular complexity index is 902. The van der Waals surface area contributed by atoms with E-state index in [1.54, 1.807) is 30.3 Å². The number of phenolic OH excluding ortho intramolecular Hbond substituents is 2. The minimum atomic E-state index is -0.702. The van der Waals surface area contributed by atoms with Crippen LogP contribution >= 0.6 is 0 Å². The number of benzene rings is 2. The quantitative estimate of drug-likeness (QED) is 0.683. The summed E-state index contributed by atoms with van der Waals surface area (Å²) in [5.41, 5.74) is 6.75. The fourth-order valence-corrected chi connectivity index (χ4v) is 2.51. The molecule has 0 saturated heterocycles.